The Balaban J connectivity index is 2.27. The molecule has 0 bridgehead atoms. The fraction of sp³-hybridized carbons (Fsp3) is 0.667. The van der Waals surface area contributed by atoms with E-state index in [1.54, 1.807) is 0 Å². The molecule has 2 atom stereocenters. The van der Waals surface area contributed by atoms with Crippen LogP contribution in [0.1, 0.15) is 94.6 Å². The van der Waals surface area contributed by atoms with Crippen molar-refractivity contribution in [2.24, 2.45) is 10.8 Å². The molecule has 1 fully saturated rings. The van der Waals surface area contributed by atoms with E-state index in [-0.39, 0.29) is 27.9 Å². The zero-order valence-corrected chi connectivity index (χ0v) is 15.4. The first-order chi connectivity index (χ1) is 10.5. The number of fused-ring (bicyclic) bond motifs is 3. The summed E-state index contributed by atoms with van der Waals surface area (Å²) >= 11 is 0. The topological polar surface area (TPSA) is 37.3 Å². The standard InChI is InChI=1S/C21H30O2/c1-13(2)14-10-15-16(11-17(14)22)20(5)9-7-8-19(3,4)21(20,6)12-18(15)23/h10-11,13,22H,7-9,12H2,1-6H3. The summed E-state index contributed by atoms with van der Waals surface area (Å²) in [6.45, 7) is 13.3. The largest absolute Gasteiger partial charge is 0.508 e. The first kappa shape index (κ1) is 16.5. The van der Waals surface area contributed by atoms with Crippen molar-refractivity contribution < 1.29 is 9.90 Å². The van der Waals surface area contributed by atoms with Gasteiger partial charge < -0.3 is 5.11 Å². The lowest BCUT2D eigenvalue weighted by Gasteiger charge is -2.61. The third-order valence-corrected chi connectivity index (χ3v) is 7.39. The van der Waals surface area contributed by atoms with Crippen molar-refractivity contribution in [3.05, 3.63) is 28.8 Å². The Bertz CT molecular complexity index is 671. The highest BCUT2D eigenvalue weighted by atomic mass is 16.3. The van der Waals surface area contributed by atoms with E-state index in [0.29, 0.717) is 12.2 Å². The molecule has 0 saturated heterocycles. The highest BCUT2D eigenvalue weighted by Crippen LogP contribution is 2.65. The third-order valence-electron chi connectivity index (χ3n) is 7.39. The van der Waals surface area contributed by atoms with Crippen LogP contribution in [0.15, 0.2) is 12.1 Å². The van der Waals surface area contributed by atoms with Crippen LogP contribution >= 0.6 is 0 Å². The molecule has 2 aliphatic rings. The average Bonchev–Trinajstić information content (AvgIpc) is 2.43. The van der Waals surface area contributed by atoms with Gasteiger partial charge in [-0.2, -0.15) is 0 Å². The minimum Gasteiger partial charge on any atom is -0.508 e. The van der Waals surface area contributed by atoms with Crippen molar-refractivity contribution in [3.63, 3.8) is 0 Å². The van der Waals surface area contributed by atoms with Gasteiger partial charge >= 0.3 is 0 Å². The summed E-state index contributed by atoms with van der Waals surface area (Å²) < 4.78 is 0. The Hall–Kier alpha value is -1.31. The predicted molar refractivity (Wildman–Crippen MR) is 94.2 cm³/mol. The maximum atomic E-state index is 13.0. The molecule has 1 N–H and O–H groups in total. The predicted octanol–water partition coefficient (Wildman–Crippen LogP) is 5.58. The smallest absolute Gasteiger partial charge is 0.163 e. The molecule has 23 heavy (non-hydrogen) atoms. The number of benzene rings is 1. The van der Waals surface area contributed by atoms with Crippen LogP contribution in [-0.2, 0) is 5.41 Å². The average molecular weight is 314 g/mol. The summed E-state index contributed by atoms with van der Waals surface area (Å²) in [7, 11) is 0. The summed E-state index contributed by atoms with van der Waals surface area (Å²) in [6.07, 6.45) is 4.05. The molecule has 0 spiro atoms. The molecule has 1 saturated carbocycles. The van der Waals surface area contributed by atoms with Crippen LogP contribution < -0.4 is 0 Å². The summed E-state index contributed by atoms with van der Waals surface area (Å²) in [6, 6.07) is 3.87. The van der Waals surface area contributed by atoms with E-state index in [2.05, 4.69) is 41.5 Å². The molecule has 3 rings (SSSR count). The van der Waals surface area contributed by atoms with Gasteiger partial charge in [0.2, 0.25) is 0 Å². The van der Waals surface area contributed by atoms with Crippen molar-refractivity contribution in [2.45, 2.75) is 78.6 Å². The molecule has 1 aromatic rings. The molecule has 2 nitrogen and oxygen atoms in total. The van der Waals surface area contributed by atoms with E-state index in [4.69, 9.17) is 0 Å². The molecule has 2 heteroatoms. The van der Waals surface area contributed by atoms with E-state index >= 15 is 0 Å². The van der Waals surface area contributed by atoms with Gasteiger partial charge in [-0.15, -0.1) is 0 Å². The van der Waals surface area contributed by atoms with Crippen LogP contribution in [0, 0.1) is 10.8 Å². The number of carbonyl (C=O) groups excluding carboxylic acids is 1. The first-order valence-electron chi connectivity index (χ1n) is 8.94. The maximum absolute atomic E-state index is 13.0. The second kappa shape index (κ2) is 4.84. The van der Waals surface area contributed by atoms with Crippen LogP contribution in [0.5, 0.6) is 5.75 Å². The van der Waals surface area contributed by atoms with E-state index < -0.39 is 0 Å². The van der Waals surface area contributed by atoms with Gasteiger partial charge in [-0.05, 0) is 58.3 Å². The maximum Gasteiger partial charge on any atom is 0.163 e. The Morgan fingerprint density at radius 3 is 2.35 bits per heavy atom. The van der Waals surface area contributed by atoms with Crippen LogP contribution in [-0.4, -0.2) is 10.9 Å². The zero-order chi connectivity index (χ0) is 17.2. The number of hydrogen-bond acceptors (Lipinski definition) is 2. The summed E-state index contributed by atoms with van der Waals surface area (Å²) in [5.74, 6) is 0.814. The second-order valence-electron chi connectivity index (χ2n) is 9.11. The van der Waals surface area contributed by atoms with Crippen LogP contribution in [0.3, 0.4) is 0 Å². The van der Waals surface area contributed by atoms with Gasteiger partial charge in [0.15, 0.2) is 5.78 Å². The van der Waals surface area contributed by atoms with E-state index in [1.165, 1.54) is 6.42 Å². The van der Waals surface area contributed by atoms with E-state index in [9.17, 15) is 9.90 Å². The molecule has 0 aromatic heterocycles. The Kier molecular flexibility index (Phi) is 3.48. The molecule has 126 valence electrons. The van der Waals surface area contributed by atoms with Crippen molar-refractivity contribution in [3.8, 4) is 5.75 Å². The lowest BCUT2D eigenvalue weighted by atomic mass is 9.42. The first-order valence-corrected chi connectivity index (χ1v) is 8.94. The highest BCUT2D eigenvalue weighted by Gasteiger charge is 2.60. The summed E-state index contributed by atoms with van der Waals surface area (Å²) in [4.78, 5) is 13.0. The lowest BCUT2D eigenvalue weighted by molar-refractivity contribution is -0.0489. The Morgan fingerprint density at radius 1 is 1.09 bits per heavy atom. The van der Waals surface area contributed by atoms with Gasteiger partial charge in [-0.1, -0.05) is 48.0 Å². The lowest BCUT2D eigenvalue weighted by Crippen LogP contribution is -2.57. The van der Waals surface area contributed by atoms with Gasteiger partial charge in [0, 0.05) is 12.0 Å². The number of aromatic hydroxyl groups is 1. The van der Waals surface area contributed by atoms with Crippen molar-refractivity contribution in [1.29, 1.82) is 0 Å². The van der Waals surface area contributed by atoms with Gasteiger partial charge in [-0.3, -0.25) is 4.79 Å². The second-order valence-corrected chi connectivity index (χ2v) is 9.11. The summed E-state index contributed by atoms with van der Waals surface area (Å²) in [5.41, 5.74) is 2.83. The molecule has 1 aromatic carbocycles. The van der Waals surface area contributed by atoms with Gasteiger partial charge in [0.05, 0.1) is 0 Å². The number of Topliss-reactive ketones (excluding diaryl/α,β-unsaturated/α-hetero) is 1. The summed E-state index contributed by atoms with van der Waals surface area (Å²) in [5, 5.41) is 10.5. The molecule has 2 aliphatic carbocycles. The highest BCUT2D eigenvalue weighted by molar-refractivity contribution is 6.00. The Morgan fingerprint density at radius 2 is 1.74 bits per heavy atom. The minimum atomic E-state index is -0.0614. The number of phenols is 1. The number of phenolic OH excluding ortho intramolecular Hbond substituents is 1. The molecule has 0 radical (unpaired) electrons. The van der Waals surface area contributed by atoms with Crippen LogP contribution in [0.2, 0.25) is 0 Å². The van der Waals surface area contributed by atoms with Crippen molar-refractivity contribution >= 4 is 5.78 Å². The van der Waals surface area contributed by atoms with Gasteiger partial charge in [-0.25, -0.2) is 0 Å². The zero-order valence-electron chi connectivity index (χ0n) is 15.4. The number of carbonyl (C=O) groups is 1. The molecular weight excluding hydrogens is 284 g/mol. The van der Waals surface area contributed by atoms with Crippen molar-refractivity contribution in [2.75, 3.05) is 0 Å². The van der Waals surface area contributed by atoms with Gasteiger partial charge in [0.25, 0.3) is 0 Å². The normalized spacial score (nSPS) is 32.6. The quantitative estimate of drug-likeness (QED) is 0.735. The fourth-order valence-electron chi connectivity index (χ4n) is 5.22. The van der Waals surface area contributed by atoms with Crippen LogP contribution in [0.25, 0.3) is 0 Å². The fourth-order valence-corrected chi connectivity index (χ4v) is 5.22. The SMILES string of the molecule is CC(C)c1cc2c(cc1O)C1(C)CCCC(C)(C)C1(C)CC2=O. The third kappa shape index (κ3) is 2.03. The Labute approximate surface area is 140 Å². The van der Waals surface area contributed by atoms with E-state index in [1.807, 2.05) is 12.1 Å². The molecule has 0 aliphatic heterocycles. The molecular formula is C21H30O2. The van der Waals surface area contributed by atoms with Crippen molar-refractivity contribution in [1.82, 2.24) is 0 Å². The van der Waals surface area contributed by atoms with E-state index in [0.717, 1.165) is 29.5 Å². The number of rotatable bonds is 1. The molecule has 0 heterocycles. The van der Waals surface area contributed by atoms with Gasteiger partial charge in [0.1, 0.15) is 5.75 Å². The molecule has 2 unspecified atom stereocenters. The monoisotopic (exact) mass is 314 g/mol. The van der Waals surface area contributed by atoms with Crippen LogP contribution in [0.4, 0.5) is 0 Å². The number of hydrogen-bond donors (Lipinski definition) is 1. The number of ketones is 1. The molecule has 0 amide bonds. The minimum absolute atomic E-state index is 0.0506.